The predicted octanol–water partition coefficient (Wildman–Crippen LogP) is 1.95. The maximum Gasteiger partial charge on any atom is 0.399 e. The average Bonchev–Trinajstić information content (AvgIpc) is 2.24. The summed E-state index contributed by atoms with van der Waals surface area (Å²) in [5.74, 6) is -5.17. The number of ether oxygens (including phenoxy) is 1. The van der Waals surface area contributed by atoms with Crippen LogP contribution in [0.3, 0.4) is 0 Å². The Bertz CT molecular complexity index is 492. The van der Waals surface area contributed by atoms with Gasteiger partial charge in [0.25, 0.3) is 0 Å². The maximum absolute atomic E-state index is 12.7. The van der Waals surface area contributed by atoms with E-state index < -0.39 is 35.5 Å². The van der Waals surface area contributed by atoms with Crippen LogP contribution in [0.15, 0.2) is 24.3 Å². The van der Waals surface area contributed by atoms with Gasteiger partial charge in [0.05, 0.1) is 0 Å². The van der Waals surface area contributed by atoms with Crippen molar-refractivity contribution < 1.29 is 45.4 Å². The third kappa shape index (κ3) is 2.84. The molecule has 1 rings (SSSR count). The predicted molar refractivity (Wildman–Crippen MR) is 46.9 cm³/mol. The molecule has 0 spiro atoms. The van der Waals surface area contributed by atoms with Gasteiger partial charge in [0.2, 0.25) is 0 Å². The van der Waals surface area contributed by atoms with E-state index in [4.69, 9.17) is 0 Å². The van der Waals surface area contributed by atoms with Gasteiger partial charge in [-0.1, -0.05) is 6.07 Å². The first-order valence-corrected chi connectivity index (χ1v) is 4.71. The standard InChI is InChI=1S/C10H4F7O3/c11-5-2-1-3-6(4-5)20-7(18)8(19,9(12,13)14)10(15,16)17/h1-4H/q-1. The third-order valence-corrected chi connectivity index (χ3v) is 2.09. The molecular weight excluding hydrogens is 301 g/mol. The minimum atomic E-state index is -6.46. The van der Waals surface area contributed by atoms with Crippen LogP contribution in [0.1, 0.15) is 0 Å². The lowest BCUT2D eigenvalue weighted by Gasteiger charge is -2.39. The Balaban J connectivity index is 3.15. The molecule has 0 saturated heterocycles. The molecule has 0 atom stereocenters. The van der Waals surface area contributed by atoms with E-state index in [0.29, 0.717) is 12.1 Å². The van der Waals surface area contributed by atoms with Gasteiger partial charge in [-0.25, -0.2) is 4.39 Å². The fraction of sp³-hybridized carbons (Fsp3) is 0.300. The van der Waals surface area contributed by atoms with Crippen LogP contribution in [-0.4, -0.2) is 23.9 Å². The molecule has 10 heteroatoms. The molecule has 20 heavy (non-hydrogen) atoms. The van der Waals surface area contributed by atoms with Crippen molar-refractivity contribution in [2.24, 2.45) is 0 Å². The van der Waals surface area contributed by atoms with E-state index in [1.807, 2.05) is 0 Å². The Labute approximate surface area is 106 Å². The third-order valence-electron chi connectivity index (χ3n) is 2.09. The summed E-state index contributed by atoms with van der Waals surface area (Å²) in [5.41, 5.74) is -5.95. The number of carbonyl (C=O) groups is 1. The van der Waals surface area contributed by atoms with Crippen LogP contribution in [0.5, 0.6) is 5.75 Å². The maximum atomic E-state index is 12.7. The first-order valence-electron chi connectivity index (χ1n) is 4.71. The van der Waals surface area contributed by atoms with E-state index in [1.165, 1.54) is 0 Å². The van der Waals surface area contributed by atoms with Crippen molar-refractivity contribution in [2.45, 2.75) is 18.0 Å². The van der Waals surface area contributed by atoms with Crippen molar-refractivity contribution in [3.8, 4) is 5.75 Å². The molecule has 112 valence electrons. The molecule has 0 aliphatic heterocycles. The molecule has 1 aromatic rings. The second kappa shape index (κ2) is 4.93. The average molecular weight is 305 g/mol. The smallest absolute Gasteiger partial charge is 0.399 e. The summed E-state index contributed by atoms with van der Waals surface area (Å²) in [4.78, 5) is 10.9. The highest BCUT2D eigenvalue weighted by atomic mass is 19.4. The highest BCUT2D eigenvalue weighted by Gasteiger charge is 2.68. The molecule has 0 bridgehead atoms. The molecule has 1 aromatic carbocycles. The second-order valence-corrected chi connectivity index (χ2v) is 3.52. The molecule has 0 amide bonds. The zero-order valence-corrected chi connectivity index (χ0v) is 9.18. The Morgan fingerprint density at radius 1 is 1.05 bits per heavy atom. The Hall–Kier alpha value is -1.84. The van der Waals surface area contributed by atoms with E-state index >= 15 is 0 Å². The van der Waals surface area contributed by atoms with Gasteiger partial charge in [-0.15, -0.1) is 0 Å². The van der Waals surface area contributed by atoms with Gasteiger partial charge in [-0.2, -0.15) is 26.3 Å². The largest absolute Gasteiger partial charge is 0.828 e. The first kappa shape index (κ1) is 16.2. The fourth-order valence-electron chi connectivity index (χ4n) is 1.10. The molecular formula is C10H4F7O3-. The van der Waals surface area contributed by atoms with Gasteiger partial charge in [0.15, 0.2) is 5.60 Å². The lowest BCUT2D eigenvalue weighted by molar-refractivity contribution is -0.573. The molecule has 0 aliphatic rings. The van der Waals surface area contributed by atoms with E-state index in [0.717, 1.165) is 12.1 Å². The number of rotatable bonds is 2. The SMILES string of the molecule is O=C(Oc1cccc(F)c1)C([O-])(C(F)(F)F)C(F)(F)F. The van der Waals surface area contributed by atoms with Crippen molar-refractivity contribution in [1.29, 1.82) is 0 Å². The summed E-state index contributed by atoms with van der Waals surface area (Å²) >= 11 is 0. The van der Waals surface area contributed by atoms with E-state index in [-0.39, 0.29) is 0 Å². The number of carbonyl (C=O) groups excluding carboxylic acids is 1. The van der Waals surface area contributed by atoms with E-state index in [2.05, 4.69) is 4.74 Å². The quantitative estimate of drug-likeness (QED) is 0.477. The zero-order valence-electron chi connectivity index (χ0n) is 9.18. The van der Waals surface area contributed by atoms with Crippen LogP contribution in [0.4, 0.5) is 30.7 Å². The monoisotopic (exact) mass is 305 g/mol. The van der Waals surface area contributed by atoms with Crippen molar-refractivity contribution >= 4 is 5.97 Å². The molecule has 0 fully saturated rings. The van der Waals surface area contributed by atoms with E-state index in [1.54, 1.807) is 0 Å². The Morgan fingerprint density at radius 2 is 1.55 bits per heavy atom. The topological polar surface area (TPSA) is 49.4 Å². The number of alkyl halides is 6. The van der Waals surface area contributed by atoms with Crippen molar-refractivity contribution in [3.63, 3.8) is 0 Å². The molecule has 3 nitrogen and oxygen atoms in total. The van der Waals surface area contributed by atoms with Crippen LogP contribution in [0.2, 0.25) is 0 Å². The normalized spacial score (nSPS) is 13.2. The van der Waals surface area contributed by atoms with Gasteiger partial charge in [0, 0.05) is 6.07 Å². The summed E-state index contributed by atoms with van der Waals surface area (Å²) in [5, 5.41) is 10.9. The molecule has 0 aromatic heterocycles. The number of hydrogen-bond acceptors (Lipinski definition) is 3. The minimum Gasteiger partial charge on any atom is -0.828 e. The molecule has 0 N–H and O–H groups in total. The summed E-state index contributed by atoms with van der Waals surface area (Å²) in [6, 6.07) is 2.74. The number of esters is 1. The molecule has 0 radical (unpaired) electrons. The lowest BCUT2D eigenvalue weighted by atomic mass is 10.0. The first-order chi connectivity index (χ1) is 8.89. The van der Waals surface area contributed by atoms with Gasteiger partial charge in [-0.05, 0) is 12.1 Å². The fourth-order valence-corrected chi connectivity index (χ4v) is 1.10. The molecule has 0 saturated carbocycles. The molecule has 0 aliphatic carbocycles. The summed E-state index contributed by atoms with van der Waals surface area (Å²) in [6.07, 6.45) is -12.9. The van der Waals surface area contributed by atoms with Gasteiger partial charge in [0.1, 0.15) is 11.6 Å². The van der Waals surface area contributed by atoms with Gasteiger partial charge < -0.3 is 9.84 Å². The van der Waals surface area contributed by atoms with Gasteiger partial charge >= 0.3 is 18.3 Å². The highest BCUT2D eigenvalue weighted by molar-refractivity contribution is 5.83. The van der Waals surface area contributed by atoms with E-state index in [9.17, 15) is 40.6 Å². The number of benzene rings is 1. The van der Waals surface area contributed by atoms with Crippen LogP contribution in [0.25, 0.3) is 0 Å². The summed E-state index contributed by atoms with van der Waals surface area (Å²) < 4.78 is 89.7. The highest BCUT2D eigenvalue weighted by Crippen LogP contribution is 2.41. The van der Waals surface area contributed by atoms with Gasteiger partial charge in [-0.3, -0.25) is 4.79 Å². The summed E-state index contributed by atoms with van der Waals surface area (Å²) in [6.45, 7) is 0. The van der Waals surface area contributed by atoms with Crippen molar-refractivity contribution in [3.05, 3.63) is 30.1 Å². The van der Waals surface area contributed by atoms with Crippen LogP contribution in [0, 0.1) is 5.82 Å². The minimum absolute atomic E-state index is 0.352. The molecule has 0 unspecified atom stereocenters. The Kier molecular flexibility index (Phi) is 3.99. The molecule has 0 heterocycles. The Morgan fingerprint density at radius 3 is 1.95 bits per heavy atom. The van der Waals surface area contributed by atoms with Crippen molar-refractivity contribution in [2.75, 3.05) is 0 Å². The summed E-state index contributed by atoms with van der Waals surface area (Å²) in [7, 11) is 0. The number of halogens is 7. The lowest BCUT2D eigenvalue weighted by Crippen LogP contribution is -2.72. The van der Waals surface area contributed by atoms with Crippen LogP contribution < -0.4 is 9.84 Å². The van der Waals surface area contributed by atoms with Crippen LogP contribution >= 0.6 is 0 Å². The zero-order chi connectivity index (χ0) is 15.8. The van der Waals surface area contributed by atoms with Crippen molar-refractivity contribution in [1.82, 2.24) is 0 Å². The second-order valence-electron chi connectivity index (χ2n) is 3.52. The number of hydrogen-bond donors (Lipinski definition) is 0. The van der Waals surface area contributed by atoms with Crippen LogP contribution in [-0.2, 0) is 4.79 Å².